The highest BCUT2D eigenvalue weighted by molar-refractivity contribution is 9.11. The number of epoxide rings is 1. The first-order chi connectivity index (χ1) is 23.4. The molecule has 0 bridgehead atoms. The number of nitriles is 4. The van der Waals surface area contributed by atoms with Crippen molar-refractivity contribution in [1.82, 2.24) is 0 Å². The molecule has 49 heavy (non-hydrogen) atoms. The minimum Gasteiger partial charge on any atom is -0.468 e. The Balaban J connectivity index is 0.000000229. The number of rotatable bonds is 5. The van der Waals surface area contributed by atoms with E-state index in [1.54, 1.807) is 30.3 Å². The van der Waals surface area contributed by atoms with Gasteiger partial charge in [0.1, 0.15) is 47.1 Å². The van der Waals surface area contributed by atoms with Gasteiger partial charge >= 0.3 is 5.97 Å². The standard InChI is InChI=1S/C10H5BrN2O.C10H5BrN2.C9H8Br2O2.C7H5BrO/c11-8-3-1-2-7(4-8)9-10(5-12,6-13)14-9;11-10-3-1-2-8(5-10)4-9(6-12)7-13;1-13-9(12)8(11)6-3-2-4-7(10)5-6;8-7-3-1-2-6(4-7)5-9/h1-4,9H;1-5H;2-5,8H,1H3;1-5H. The zero-order valence-electron chi connectivity index (χ0n) is 25.4. The lowest BCUT2D eigenvalue weighted by Crippen LogP contribution is -2.07. The summed E-state index contributed by atoms with van der Waals surface area (Å²) in [6.45, 7) is 0. The van der Waals surface area contributed by atoms with E-state index in [9.17, 15) is 9.59 Å². The van der Waals surface area contributed by atoms with E-state index >= 15 is 0 Å². The Morgan fingerprint density at radius 2 is 1.27 bits per heavy atom. The molecule has 0 spiro atoms. The molecule has 8 nitrogen and oxygen atoms in total. The van der Waals surface area contributed by atoms with Crippen LogP contribution < -0.4 is 0 Å². The molecule has 2 atom stereocenters. The van der Waals surface area contributed by atoms with Crippen molar-refractivity contribution in [2.45, 2.75) is 16.5 Å². The van der Waals surface area contributed by atoms with Crippen LogP contribution in [0.5, 0.6) is 0 Å². The summed E-state index contributed by atoms with van der Waals surface area (Å²) in [5.74, 6) is -0.293. The van der Waals surface area contributed by atoms with E-state index < -0.39 is 16.5 Å². The van der Waals surface area contributed by atoms with E-state index in [4.69, 9.17) is 25.8 Å². The fourth-order valence-electron chi connectivity index (χ4n) is 3.66. The number of nitrogens with zero attached hydrogens (tertiary/aromatic N) is 4. The van der Waals surface area contributed by atoms with Crippen molar-refractivity contribution in [3.8, 4) is 24.3 Å². The second-order valence-electron chi connectivity index (χ2n) is 9.46. The highest BCUT2D eigenvalue weighted by Crippen LogP contribution is 2.49. The van der Waals surface area contributed by atoms with Gasteiger partial charge in [0.05, 0.1) is 7.11 Å². The number of allylic oxidation sites excluding steroid dienone is 1. The van der Waals surface area contributed by atoms with Crippen molar-refractivity contribution in [3.63, 3.8) is 0 Å². The first kappa shape index (κ1) is 41.3. The van der Waals surface area contributed by atoms with Crippen LogP contribution in [0.1, 0.15) is 38.0 Å². The van der Waals surface area contributed by atoms with Crippen LogP contribution in [0.4, 0.5) is 0 Å². The molecule has 0 N–H and O–H groups in total. The van der Waals surface area contributed by atoms with Gasteiger partial charge in [-0.25, -0.2) is 0 Å². The van der Waals surface area contributed by atoms with E-state index in [0.29, 0.717) is 5.56 Å². The summed E-state index contributed by atoms with van der Waals surface area (Å²) < 4.78 is 13.4. The third-order valence-electron chi connectivity index (χ3n) is 6.03. The second kappa shape index (κ2) is 21.2. The molecular weight excluding hydrogens is 952 g/mol. The highest BCUT2D eigenvalue weighted by atomic mass is 79.9. The van der Waals surface area contributed by atoms with Gasteiger partial charge in [0.25, 0.3) is 5.60 Å². The van der Waals surface area contributed by atoms with Crippen LogP contribution in [-0.2, 0) is 14.3 Å². The van der Waals surface area contributed by atoms with Crippen LogP contribution in [0.2, 0.25) is 0 Å². The molecule has 1 fully saturated rings. The smallest absolute Gasteiger partial charge is 0.323 e. The van der Waals surface area contributed by atoms with Gasteiger partial charge < -0.3 is 9.47 Å². The Labute approximate surface area is 326 Å². The van der Waals surface area contributed by atoms with Crippen molar-refractivity contribution < 1.29 is 19.1 Å². The molecule has 13 heteroatoms. The maximum Gasteiger partial charge on any atom is 0.323 e. The monoisotopic (exact) mass is 970 g/mol. The lowest BCUT2D eigenvalue weighted by molar-refractivity contribution is -0.139. The van der Waals surface area contributed by atoms with Gasteiger partial charge in [-0.1, -0.05) is 128 Å². The van der Waals surface area contributed by atoms with Gasteiger partial charge in [0.2, 0.25) is 0 Å². The van der Waals surface area contributed by atoms with Gasteiger partial charge in [-0.15, -0.1) is 0 Å². The topological polar surface area (TPSA) is 151 Å². The number of carbonyl (C=O) groups is 2. The second-order valence-corrected chi connectivity index (χ2v) is 14.0. The zero-order chi connectivity index (χ0) is 36.4. The van der Waals surface area contributed by atoms with E-state index in [1.165, 1.54) is 7.11 Å². The molecule has 0 aliphatic carbocycles. The average Bonchev–Trinajstić information content (AvgIpc) is 3.86. The molecule has 1 saturated heterocycles. The summed E-state index contributed by atoms with van der Waals surface area (Å²) in [6.07, 6.45) is 1.96. The largest absolute Gasteiger partial charge is 0.468 e. The summed E-state index contributed by atoms with van der Waals surface area (Å²) in [4.78, 5) is 20.9. The lowest BCUT2D eigenvalue weighted by Gasteiger charge is -2.07. The molecule has 1 aliphatic rings. The molecule has 4 aromatic rings. The summed E-state index contributed by atoms with van der Waals surface area (Å²) in [5.41, 5.74) is 2.11. The van der Waals surface area contributed by atoms with Crippen molar-refractivity contribution in [1.29, 1.82) is 21.0 Å². The zero-order valence-corrected chi connectivity index (χ0v) is 33.3. The SMILES string of the molecule is COC(=O)C(Br)c1cccc(Br)c1.N#CC(C#N)=Cc1cccc(Br)c1.N#CC1(C#N)OC1c1cccc(Br)c1.O=Cc1cccc(Br)c1. The lowest BCUT2D eigenvalue weighted by atomic mass is 10.0. The molecule has 5 rings (SSSR count). The van der Waals surface area contributed by atoms with Crippen LogP contribution in [0.3, 0.4) is 0 Å². The number of halogens is 5. The Morgan fingerprint density at radius 1 is 0.776 bits per heavy atom. The Kier molecular flexibility index (Phi) is 17.9. The quantitative estimate of drug-likeness (QED) is 0.0630. The van der Waals surface area contributed by atoms with Crippen LogP contribution in [0.25, 0.3) is 6.08 Å². The fraction of sp³-hybridized carbons (Fsp3) is 0.111. The molecule has 4 aromatic carbocycles. The van der Waals surface area contributed by atoms with E-state index in [0.717, 1.165) is 40.9 Å². The first-order valence-electron chi connectivity index (χ1n) is 13.7. The predicted molar refractivity (Wildman–Crippen MR) is 203 cm³/mol. The number of aldehydes is 1. The van der Waals surface area contributed by atoms with Gasteiger partial charge in [0.15, 0.2) is 0 Å². The molecule has 1 heterocycles. The maximum absolute atomic E-state index is 11.1. The predicted octanol–water partition coefficient (Wildman–Crippen LogP) is 10.5. The number of hydrogen-bond acceptors (Lipinski definition) is 8. The minimum atomic E-state index is -1.26. The van der Waals surface area contributed by atoms with Gasteiger partial charge in [0, 0.05) is 23.5 Å². The van der Waals surface area contributed by atoms with Gasteiger partial charge in [-0.3, -0.25) is 9.59 Å². The van der Waals surface area contributed by atoms with Crippen LogP contribution >= 0.6 is 79.6 Å². The first-order valence-corrected chi connectivity index (χ1v) is 17.8. The number of esters is 1. The van der Waals surface area contributed by atoms with Gasteiger partial charge in [-0.05, 0) is 71.3 Å². The minimum absolute atomic E-state index is 0.109. The van der Waals surface area contributed by atoms with Crippen LogP contribution in [-0.4, -0.2) is 25.0 Å². The molecule has 0 radical (unpaired) electrons. The van der Waals surface area contributed by atoms with E-state index in [-0.39, 0.29) is 11.5 Å². The average molecular weight is 975 g/mol. The van der Waals surface area contributed by atoms with Crippen LogP contribution in [0, 0.1) is 45.3 Å². The van der Waals surface area contributed by atoms with Crippen molar-refractivity contribution in [2.24, 2.45) is 0 Å². The maximum atomic E-state index is 11.1. The number of hydrogen-bond donors (Lipinski definition) is 0. The third kappa shape index (κ3) is 13.8. The van der Waals surface area contributed by atoms with Crippen LogP contribution in [0.15, 0.2) is 121 Å². The number of methoxy groups -OCH3 is 1. The molecule has 1 aliphatic heterocycles. The number of carbonyl (C=O) groups excluding carboxylic acids is 2. The Morgan fingerprint density at radius 3 is 1.69 bits per heavy atom. The van der Waals surface area contributed by atoms with E-state index in [2.05, 4.69) is 84.4 Å². The van der Waals surface area contributed by atoms with Gasteiger partial charge in [-0.2, -0.15) is 21.0 Å². The molecule has 0 saturated carbocycles. The van der Waals surface area contributed by atoms with Crippen molar-refractivity contribution >= 4 is 98.0 Å². The summed E-state index contributed by atoms with van der Waals surface area (Å²) in [5, 5.41) is 34.5. The summed E-state index contributed by atoms with van der Waals surface area (Å²) in [6, 6.07) is 36.9. The number of ether oxygens (including phenoxy) is 2. The van der Waals surface area contributed by atoms with Crippen molar-refractivity contribution in [3.05, 3.63) is 143 Å². The normalized spacial score (nSPS) is 13.4. The number of alkyl halides is 1. The third-order valence-corrected chi connectivity index (χ3v) is 8.91. The van der Waals surface area contributed by atoms with E-state index in [1.807, 2.05) is 97.1 Å². The molecule has 0 amide bonds. The Hall–Kier alpha value is -3.92. The Bertz CT molecular complexity index is 1950. The number of benzene rings is 4. The highest BCUT2D eigenvalue weighted by Gasteiger charge is 2.59. The van der Waals surface area contributed by atoms with Crippen molar-refractivity contribution in [2.75, 3.05) is 7.11 Å². The molecule has 0 aromatic heterocycles. The summed E-state index contributed by atoms with van der Waals surface area (Å²) in [7, 11) is 1.37. The summed E-state index contributed by atoms with van der Waals surface area (Å²) >= 11 is 16.4. The molecule has 246 valence electrons. The molecular formula is C36H23Br5N4O4. The molecule has 2 unspecified atom stereocenters. The fourth-order valence-corrected chi connectivity index (χ4v) is 5.80.